The monoisotopic (exact) mass is 457 g/mol. The lowest BCUT2D eigenvalue weighted by molar-refractivity contribution is 0.0526. The summed E-state index contributed by atoms with van der Waals surface area (Å²) in [6.07, 6.45) is 1.81. The van der Waals surface area contributed by atoms with Crippen LogP contribution in [0.15, 0.2) is 70.8 Å². The van der Waals surface area contributed by atoms with Gasteiger partial charge in [0.2, 0.25) is 5.16 Å². The highest BCUT2D eigenvalue weighted by atomic mass is 79.9. The first kappa shape index (κ1) is 20.4. The summed E-state index contributed by atoms with van der Waals surface area (Å²) in [6.45, 7) is 6.56. The molecule has 0 bridgehead atoms. The van der Waals surface area contributed by atoms with Crippen LogP contribution in [0.3, 0.4) is 0 Å². The predicted molar refractivity (Wildman–Crippen MR) is 115 cm³/mol. The van der Waals surface area contributed by atoms with Gasteiger partial charge >= 0.3 is 5.97 Å². The minimum absolute atomic E-state index is 0.300. The van der Waals surface area contributed by atoms with Crippen molar-refractivity contribution >= 4 is 33.7 Å². The molecule has 1 heterocycles. The van der Waals surface area contributed by atoms with Crippen molar-refractivity contribution in [2.75, 3.05) is 6.61 Å². The normalized spacial score (nSPS) is 10.6. The Kier molecular flexibility index (Phi) is 7.06. The summed E-state index contributed by atoms with van der Waals surface area (Å²) in [5, 5.41) is 5.30. The number of hydrogen-bond acceptors (Lipinski definition) is 5. The van der Waals surface area contributed by atoms with E-state index < -0.39 is 0 Å². The van der Waals surface area contributed by atoms with Gasteiger partial charge in [0, 0.05) is 15.8 Å². The maximum atomic E-state index is 11.7. The van der Waals surface area contributed by atoms with Gasteiger partial charge in [-0.1, -0.05) is 58.0 Å². The molecule has 1 aromatic heterocycles. The number of benzene rings is 2. The van der Waals surface area contributed by atoms with Crippen molar-refractivity contribution in [1.82, 2.24) is 14.8 Å². The largest absolute Gasteiger partial charge is 0.462 e. The lowest BCUT2D eigenvalue weighted by Crippen LogP contribution is -2.04. The molecule has 0 amide bonds. The highest BCUT2D eigenvalue weighted by Crippen LogP contribution is 2.25. The van der Waals surface area contributed by atoms with Crippen molar-refractivity contribution in [3.05, 3.63) is 76.8 Å². The molecule has 0 aliphatic carbocycles. The Morgan fingerprint density at radius 1 is 1.21 bits per heavy atom. The number of halogens is 1. The number of hydrogen-bond donors (Lipinski definition) is 0. The van der Waals surface area contributed by atoms with Crippen LogP contribution < -0.4 is 0 Å². The highest BCUT2D eigenvalue weighted by Gasteiger charge is 2.12. The summed E-state index contributed by atoms with van der Waals surface area (Å²) in [4.78, 5) is 16.4. The SMILES string of the molecule is C=CCn1nc(SCc2ccc(C(=O)OCC)cc2)nc1-c1ccc(Br)cc1. The molecule has 3 aromatic rings. The number of thioether (sulfide) groups is 1. The van der Waals surface area contributed by atoms with E-state index in [1.54, 1.807) is 36.9 Å². The van der Waals surface area contributed by atoms with Gasteiger partial charge in [-0.3, -0.25) is 0 Å². The Balaban J connectivity index is 1.72. The predicted octanol–water partition coefficient (Wildman–Crippen LogP) is 5.36. The van der Waals surface area contributed by atoms with Crippen molar-refractivity contribution in [2.45, 2.75) is 24.4 Å². The molecule has 0 fully saturated rings. The number of carbonyl (C=O) groups is 1. The minimum Gasteiger partial charge on any atom is -0.462 e. The van der Waals surface area contributed by atoms with Crippen LogP contribution in [0.1, 0.15) is 22.8 Å². The van der Waals surface area contributed by atoms with Crippen molar-refractivity contribution in [3.8, 4) is 11.4 Å². The van der Waals surface area contributed by atoms with Crippen LogP contribution in [0.4, 0.5) is 0 Å². The van der Waals surface area contributed by atoms with E-state index in [1.165, 1.54) is 0 Å². The van der Waals surface area contributed by atoms with E-state index in [9.17, 15) is 4.79 Å². The molecule has 0 aliphatic heterocycles. The fraction of sp³-hybridized carbons (Fsp3) is 0.190. The van der Waals surface area contributed by atoms with Crippen molar-refractivity contribution < 1.29 is 9.53 Å². The van der Waals surface area contributed by atoms with Gasteiger partial charge in [-0.15, -0.1) is 11.7 Å². The van der Waals surface area contributed by atoms with E-state index in [2.05, 4.69) is 27.6 Å². The van der Waals surface area contributed by atoms with Gasteiger partial charge < -0.3 is 4.74 Å². The smallest absolute Gasteiger partial charge is 0.338 e. The molecular formula is C21H20BrN3O2S. The van der Waals surface area contributed by atoms with Gasteiger partial charge in [0.1, 0.15) is 0 Å². The second kappa shape index (κ2) is 9.71. The fourth-order valence-electron chi connectivity index (χ4n) is 2.54. The van der Waals surface area contributed by atoms with Crippen molar-refractivity contribution in [2.24, 2.45) is 0 Å². The number of carbonyl (C=O) groups excluding carboxylic acids is 1. The van der Waals surface area contributed by atoms with E-state index in [4.69, 9.17) is 9.72 Å². The van der Waals surface area contributed by atoms with Crippen LogP contribution >= 0.6 is 27.7 Å². The molecule has 28 heavy (non-hydrogen) atoms. The maximum absolute atomic E-state index is 11.7. The molecule has 0 N–H and O–H groups in total. The van der Waals surface area contributed by atoms with Crippen molar-refractivity contribution in [3.63, 3.8) is 0 Å². The number of ether oxygens (including phenoxy) is 1. The summed E-state index contributed by atoms with van der Waals surface area (Å²) in [7, 11) is 0. The van der Waals surface area contributed by atoms with Gasteiger partial charge in [0.05, 0.1) is 18.7 Å². The molecule has 3 rings (SSSR count). The molecule has 0 saturated heterocycles. The van der Waals surface area contributed by atoms with E-state index in [-0.39, 0.29) is 5.97 Å². The lowest BCUT2D eigenvalue weighted by atomic mass is 10.1. The highest BCUT2D eigenvalue weighted by molar-refractivity contribution is 9.10. The Morgan fingerprint density at radius 2 is 1.93 bits per heavy atom. The first-order valence-electron chi connectivity index (χ1n) is 8.81. The Hall–Kier alpha value is -2.38. The summed E-state index contributed by atoms with van der Waals surface area (Å²) in [5.74, 6) is 1.22. The summed E-state index contributed by atoms with van der Waals surface area (Å²) in [6, 6.07) is 15.4. The quantitative estimate of drug-likeness (QED) is 0.258. The average Bonchev–Trinajstić information content (AvgIpc) is 3.11. The summed E-state index contributed by atoms with van der Waals surface area (Å²) in [5.41, 5.74) is 2.65. The van der Waals surface area contributed by atoms with Gasteiger partial charge in [0.15, 0.2) is 5.82 Å². The third-order valence-corrected chi connectivity index (χ3v) is 5.33. The molecule has 5 nitrogen and oxygen atoms in total. The molecule has 7 heteroatoms. The number of aromatic nitrogens is 3. The molecule has 0 spiro atoms. The average molecular weight is 458 g/mol. The van der Waals surface area contributed by atoms with E-state index >= 15 is 0 Å². The van der Waals surface area contributed by atoms with Gasteiger partial charge in [0.25, 0.3) is 0 Å². The number of rotatable bonds is 8. The second-order valence-electron chi connectivity index (χ2n) is 5.90. The molecule has 2 aromatic carbocycles. The molecule has 0 saturated carbocycles. The third-order valence-electron chi connectivity index (χ3n) is 3.89. The first-order valence-corrected chi connectivity index (χ1v) is 10.6. The van der Waals surface area contributed by atoms with Crippen LogP contribution in [-0.4, -0.2) is 27.3 Å². The van der Waals surface area contributed by atoms with Crippen LogP contribution in [0.2, 0.25) is 0 Å². The summed E-state index contributed by atoms with van der Waals surface area (Å²) < 4.78 is 7.88. The molecule has 0 aliphatic rings. The lowest BCUT2D eigenvalue weighted by Gasteiger charge is -2.03. The summed E-state index contributed by atoms with van der Waals surface area (Å²) >= 11 is 5.01. The van der Waals surface area contributed by atoms with E-state index in [0.717, 1.165) is 21.4 Å². The van der Waals surface area contributed by atoms with Gasteiger partial charge in [-0.05, 0) is 36.8 Å². The Labute approximate surface area is 177 Å². The van der Waals surface area contributed by atoms with E-state index in [0.29, 0.717) is 29.6 Å². The van der Waals surface area contributed by atoms with Crippen LogP contribution in [0.5, 0.6) is 0 Å². The van der Waals surface area contributed by atoms with Gasteiger partial charge in [-0.25, -0.2) is 14.5 Å². The number of esters is 1. The zero-order chi connectivity index (χ0) is 19.9. The molecule has 144 valence electrons. The van der Waals surface area contributed by atoms with E-state index in [1.807, 2.05) is 41.1 Å². The van der Waals surface area contributed by atoms with Crippen molar-refractivity contribution in [1.29, 1.82) is 0 Å². The molecule has 0 unspecified atom stereocenters. The van der Waals surface area contributed by atoms with Crippen LogP contribution in [-0.2, 0) is 17.0 Å². The minimum atomic E-state index is -0.300. The number of allylic oxidation sites excluding steroid dienone is 1. The first-order chi connectivity index (χ1) is 13.6. The zero-order valence-electron chi connectivity index (χ0n) is 15.5. The third kappa shape index (κ3) is 5.11. The fourth-order valence-corrected chi connectivity index (χ4v) is 3.60. The van der Waals surface area contributed by atoms with Gasteiger partial charge in [-0.2, -0.15) is 0 Å². The van der Waals surface area contributed by atoms with Crippen LogP contribution in [0, 0.1) is 0 Å². The van der Waals surface area contributed by atoms with Crippen LogP contribution in [0.25, 0.3) is 11.4 Å². The maximum Gasteiger partial charge on any atom is 0.338 e. The Bertz CT molecular complexity index is 953. The molecule has 0 radical (unpaired) electrons. The Morgan fingerprint density at radius 3 is 2.57 bits per heavy atom. The second-order valence-corrected chi connectivity index (χ2v) is 7.76. The standard InChI is InChI=1S/C21H20BrN3O2S/c1-3-13-25-19(16-9-11-18(22)12-10-16)23-21(24-25)28-14-15-5-7-17(8-6-15)20(26)27-4-2/h3,5-12H,1,4,13-14H2,2H3. The number of nitrogens with zero attached hydrogens (tertiary/aromatic N) is 3. The molecular weight excluding hydrogens is 438 g/mol. The zero-order valence-corrected chi connectivity index (χ0v) is 17.9. The topological polar surface area (TPSA) is 57.0 Å². The molecule has 0 atom stereocenters.